The molecule has 0 atom stereocenters. The number of benzene rings is 1. The highest BCUT2D eigenvalue weighted by Crippen LogP contribution is 2.33. The predicted octanol–water partition coefficient (Wildman–Crippen LogP) is 4.40. The third-order valence-corrected chi connectivity index (χ3v) is 7.94. The Labute approximate surface area is 210 Å². The lowest BCUT2D eigenvalue weighted by molar-refractivity contribution is -0.133. The molecular weight excluding hydrogens is 458 g/mol. The number of thiophene rings is 1. The van der Waals surface area contributed by atoms with Crippen LogP contribution < -0.4 is 5.32 Å². The molecule has 182 valence electrons. The second-order valence-corrected chi connectivity index (χ2v) is 10.0. The van der Waals surface area contributed by atoms with Crippen molar-refractivity contribution in [2.75, 3.05) is 38.5 Å². The lowest BCUT2D eigenvalue weighted by atomic mass is 10.0. The average molecular weight is 490 g/mol. The zero-order valence-corrected chi connectivity index (χ0v) is 20.9. The number of carbonyl (C=O) groups excluding carboxylic acids is 2. The molecule has 0 spiro atoms. The van der Waals surface area contributed by atoms with Gasteiger partial charge in [-0.05, 0) is 53.3 Å². The van der Waals surface area contributed by atoms with Crippen molar-refractivity contribution in [3.8, 4) is 0 Å². The lowest BCUT2D eigenvalue weighted by Crippen LogP contribution is -2.51. The summed E-state index contributed by atoms with van der Waals surface area (Å²) >= 11 is 1.64. The molecule has 8 heteroatoms. The molecule has 5 rings (SSSR count). The summed E-state index contributed by atoms with van der Waals surface area (Å²) in [6.45, 7) is 10.6. The molecule has 1 saturated heterocycles. The maximum atomic E-state index is 13.2. The van der Waals surface area contributed by atoms with Crippen molar-refractivity contribution in [1.82, 2.24) is 19.6 Å². The second kappa shape index (κ2) is 9.62. The fourth-order valence-corrected chi connectivity index (χ4v) is 5.70. The van der Waals surface area contributed by atoms with E-state index in [1.807, 2.05) is 56.4 Å². The standard InChI is InChI=1S/C27H31N5O2S/c1-19-24(22-11-15-35-18-22)16-31(20(2)29(19)3)17-26(33)30-12-9-23(10-13-30)32-14-8-21-6-4-5-7-25(21)28-27(32)34/h4-7,11,15-16,18,23H,1-2,8-10,12-14,17H2,3H3,(H,28,34). The average Bonchev–Trinajstić information content (AvgIpc) is 3.34. The van der Waals surface area contributed by atoms with Gasteiger partial charge >= 0.3 is 6.03 Å². The van der Waals surface area contributed by atoms with E-state index in [2.05, 4.69) is 36.0 Å². The van der Waals surface area contributed by atoms with E-state index in [9.17, 15) is 9.59 Å². The van der Waals surface area contributed by atoms with Crippen LogP contribution in [0.2, 0.25) is 0 Å². The predicted molar refractivity (Wildman–Crippen MR) is 141 cm³/mol. The van der Waals surface area contributed by atoms with Crippen molar-refractivity contribution in [2.24, 2.45) is 0 Å². The Bertz CT molecular complexity index is 1180. The summed E-state index contributed by atoms with van der Waals surface area (Å²) in [5.41, 5.74) is 5.03. The van der Waals surface area contributed by atoms with Gasteiger partial charge in [-0.3, -0.25) is 4.79 Å². The summed E-state index contributed by atoms with van der Waals surface area (Å²) < 4.78 is 0. The first kappa shape index (κ1) is 23.2. The summed E-state index contributed by atoms with van der Waals surface area (Å²) in [6, 6.07) is 10.1. The fraction of sp³-hybridized carbons (Fsp3) is 0.333. The molecule has 1 N–H and O–H groups in total. The van der Waals surface area contributed by atoms with E-state index in [-0.39, 0.29) is 24.5 Å². The van der Waals surface area contributed by atoms with Crippen molar-refractivity contribution in [3.05, 3.63) is 83.1 Å². The molecule has 3 aliphatic heterocycles. The van der Waals surface area contributed by atoms with Crippen LogP contribution in [-0.4, -0.2) is 70.8 Å². The van der Waals surface area contributed by atoms with Crippen LogP contribution in [0, 0.1) is 0 Å². The number of likely N-dealkylation sites (tertiary alicyclic amines) is 1. The number of fused-ring (bicyclic) bond motifs is 1. The molecule has 3 amide bonds. The number of hydrogen-bond acceptors (Lipinski definition) is 5. The number of para-hydroxylation sites is 1. The van der Waals surface area contributed by atoms with E-state index in [4.69, 9.17) is 0 Å². The molecule has 1 fully saturated rings. The van der Waals surface area contributed by atoms with Gasteiger partial charge < -0.3 is 24.9 Å². The molecule has 0 radical (unpaired) electrons. The third-order valence-electron chi connectivity index (χ3n) is 7.26. The lowest BCUT2D eigenvalue weighted by Gasteiger charge is -2.40. The van der Waals surface area contributed by atoms with Crippen molar-refractivity contribution in [1.29, 1.82) is 0 Å². The largest absolute Gasteiger partial charge is 0.341 e. The van der Waals surface area contributed by atoms with Gasteiger partial charge in [-0.25, -0.2) is 4.79 Å². The van der Waals surface area contributed by atoms with Crippen molar-refractivity contribution in [2.45, 2.75) is 25.3 Å². The van der Waals surface area contributed by atoms with E-state index >= 15 is 0 Å². The number of nitrogens with zero attached hydrogens (tertiary/aromatic N) is 4. The molecular formula is C27H31N5O2S. The van der Waals surface area contributed by atoms with Gasteiger partial charge in [-0.1, -0.05) is 31.4 Å². The molecule has 35 heavy (non-hydrogen) atoms. The van der Waals surface area contributed by atoms with E-state index in [0.717, 1.165) is 47.6 Å². The Morgan fingerprint density at radius 1 is 1.14 bits per heavy atom. The number of allylic oxidation sites excluding steroid dienone is 1. The van der Waals surface area contributed by atoms with Gasteiger partial charge in [0.25, 0.3) is 0 Å². The normalized spacial score (nSPS) is 19.3. The monoisotopic (exact) mass is 489 g/mol. The zero-order chi connectivity index (χ0) is 24.5. The molecule has 3 aliphatic rings. The van der Waals surface area contributed by atoms with Gasteiger partial charge in [0.2, 0.25) is 5.91 Å². The van der Waals surface area contributed by atoms with Gasteiger partial charge in [0.1, 0.15) is 12.4 Å². The number of rotatable bonds is 4. The Balaban J connectivity index is 1.21. The third kappa shape index (κ3) is 4.58. The van der Waals surface area contributed by atoms with Gasteiger partial charge in [0.05, 0.1) is 0 Å². The first-order valence-corrected chi connectivity index (χ1v) is 12.9. The quantitative estimate of drug-likeness (QED) is 0.692. The van der Waals surface area contributed by atoms with Gasteiger partial charge in [0, 0.05) is 55.9 Å². The highest BCUT2D eigenvalue weighted by Gasteiger charge is 2.32. The van der Waals surface area contributed by atoms with Crippen LogP contribution in [0.3, 0.4) is 0 Å². The number of urea groups is 1. The molecule has 1 aromatic heterocycles. The molecule has 0 bridgehead atoms. The summed E-state index contributed by atoms with van der Waals surface area (Å²) in [7, 11) is 1.93. The maximum absolute atomic E-state index is 13.2. The number of likely N-dealkylation sites (N-methyl/N-ethyl adjacent to an activating group) is 1. The highest BCUT2D eigenvalue weighted by atomic mass is 32.1. The topological polar surface area (TPSA) is 59.1 Å². The molecule has 0 aliphatic carbocycles. The van der Waals surface area contributed by atoms with Gasteiger partial charge in [-0.15, -0.1) is 0 Å². The van der Waals surface area contributed by atoms with Crippen LogP contribution in [-0.2, 0) is 11.2 Å². The number of carbonyl (C=O) groups is 2. The molecule has 0 saturated carbocycles. The van der Waals surface area contributed by atoms with E-state index in [1.165, 1.54) is 5.56 Å². The van der Waals surface area contributed by atoms with Crippen LogP contribution in [0.4, 0.5) is 10.5 Å². The first-order valence-electron chi connectivity index (χ1n) is 12.0. The summed E-state index contributed by atoms with van der Waals surface area (Å²) in [6.07, 6.45) is 4.38. The number of amides is 3. The van der Waals surface area contributed by atoms with E-state index in [1.54, 1.807) is 11.3 Å². The van der Waals surface area contributed by atoms with Crippen LogP contribution >= 0.6 is 11.3 Å². The number of anilines is 1. The van der Waals surface area contributed by atoms with Crippen molar-refractivity contribution < 1.29 is 9.59 Å². The van der Waals surface area contributed by atoms with Crippen molar-refractivity contribution >= 4 is 34.5 Å². The summed E-state index contributed by atoms with van der Waals surface area (Å²) in [4.78, 5) is 33.8. The smallest absolute Gasteiger partial charge is 0.322 e. The number of hydrogen-bond donors (Lipinski definition) is 1. The Hall–Kier alpha value is -3.52. The number of piperidine rings is 1. The molecule has 7 nitrogen and oxygen atoms in total. The molecule has 2 aromatic rings. The number of nitrogens with one attached hydrogen (secondary N) is 1. The summed E-state index contributed by atoms with van der Waals surface area (Å²) in [5, 5.41) is 7.18. The SMILES string of the molecule is C=C1C(c2ccsc2)=CN(CC(=O)N2CCC(N3CCc4ccccc4NC3=O)CC2)C(=C)N1C. The second-order valence-electron chi connectivity index (χ2n) is 9.25. The van der Waals surface area contributed by atoms with Crippen LogP contribution in [0.1, 0.15) is 24.0 Å². The Morgan fingerprint density at radius 2 is 1.91 bits per heavy atom. The van der Waals surface area contributed by atoms with Crippen LogP contribution in [0.5, 0.6) is 0 Å². The Kier molecular flexibility index (Phi) is 6.38. The van der Waals surface area contributed by atoms with Crippen LogP contribution in [0.15, 0.2) is 72.0 Å². The zero-order valence-electron chi connectivity index (χ0n) is 20.1. The van der Waals surface area contributed by atoms with Crippen molar-refractivity contribution in [3.63, 3.8) is 0 Å². The minimum Gasteiger partial charge on any atom is -0.341 e. The maximum Gasteiger partial charge on any atom is 0.322 e. The molecule has 4 heterocycles. The van der Waals surface area contributed by atoms with Gasteiger partial charge in [-0.2, -0.15) is 11.3 Å². The minimum absolute atomic E-state index is 0.0429. The van der Waals surface area contributed by atoms with Crippen LogP contribution in [0.25, 0.3) is 5.57 Å². The summed E-state index contributed by atoms with van der Waals surface area (Å²) in [5.74, 6) is 0.803. The Morgan fingerprint density at radius 3 is 2.66 bits per heavy atom. The minimum atomic E-state index is -0.0429. The fourth-order valence-electron chi connectivity index (χ4n) is 5.04. The van der Waals surface area contributed by atoms with E-state index in [0.29, 0.717) is 19.6 Å². The first-order chi connectivity index (χ1) is 16.9. The molecule has 0 unspecified atom stereocenters. The highest BCUT2D eigenvalue weighted by molar-refractivity contribution is 7.08. The van der Waals surface area contributed by atoms with E-state index < -0.39 is 0 Å². The molecule has 1 aromatic carbocycles. The van der Waals surface area contributed by atoms with Gasteiger partial charge in [0.15, 0.2) is 0 Å².